The number of hydrogen-bond acceptors (Lipinski definition) is 5. The number of carbonyl (C=O) groups excluding carboxylic acids is 3. The van der Waals surface area contributed by atoms with Gasteiger partial charge in [0.2, 0.25) is 0 Å². The average molecular weight is 549 g/mol. The number of aliphatic carboxylic acids is 1. The van der Waals surface area contributed by atoms with E-state index in [0.717, 1.165) is 27.5 Å². The summed E-state index contributed by atoms with van der Waals surface area (Å²) < 4.78 is 5.06. The predicted molar refractivity (Wildman–Crippen MR) is 155 cm³/mol. The minimum Gasteiger partial charge on any atom is -0.481 e. The molecule has 0 bridgehead atoms. The van der Waals surface area contributed by atoms with Crippen LogP contribution in [0.5, 0.6) is 0 Å². The molecule has 4 amide bonds. The number of benzene rings is 3. The highest BCUT2D eigenvalue weighted by molar-refractivity contribution is 6.10. The molecule has 0 aliphatic rings. The first-order chi connectivity index (χ1) is 19.1. The lowest BCUT2D eigenvalue weighted by atomic mass is 10.0. The van der Waals surface area contributed by atoms with Gasteiger partial charge in [0.15, 0.2) is 0 Å². The van der Waals surface area contributed by atoms with Crippen molar-refractivity contribution in [2.24, 2.45) is 0 Å². The van der Waals surface area contributed by atoms with Gasteiger partial charge in [-0.2, -0.15) is 0 Å². The van der Waals surface area contributed by atoms with Crippen LogP contribution in [-0.2, 0) is 9.53 Å². The van der Waals surface area contributed by atoms with Gasteiger partial charge in [-0.1, -0.05) is 42.0 Å². The van der Waals surface area contributed by atoms with Crippen LogP contribution in [0.1, 0.15) is 46.8 Å². The van der Waals surface area contributed by atoms with Crippen molar-refractivity contribution in [3.05, 3.63) is 70.8 Å². The largest absolute Gasteiger partial charge is 0.481 e. The number of carbonyl (C=O) groups is 4. The Hall–Kier alpha value is -4.60. The van der Waals surface area contributed by atoms with Crippen LogP contribution < -0.4 is 16.0 Å². The zero-order valence-corrected chi connectivity index (χ0v) is 23.3. The number of aryl methyl sites for hydroxylation is 3. The monoisotopic (exact) mass is 548 g/mol. The van der Waals surface area contributed by atoms with E-state index in [4.69, 9.17) is 9.84 Å². The number of rotatable bonds is 11. The van der Waals surface area contributed by atoms with Gasteiger partial charge in [0.05, 0.1) is 17.9 Å². The van der Waals surface area contributed by atoms with Crippen molar-refractivity contribution < 1.29 is 29.0 Å². The van der Waals surface area contributed by atoms with Crippen LogP contribution in [-0.4, -0.2) is 60.2 Å². The van der Waals surface area contributed by atoms with Gasteiger partial charge in [-0.25, -0.2) is 9.59 Å². The summed E-state index contributed by atoms with van der Waals surface area (Å²) in [6.45, 7) is 8.11. The molecule has 3 aromatic rings. The number of amides is 4. The Morgan fingerprint density at radius 3 is 2.17 bits per heavy atom. The van der Waals surface area contributed by atoms with Crippen LogP contribution in [0.2, 0.25) is 0 Å². The van der Waals surface area contributed by atoms with E-state index in [2.05, 4.69) is 16.0 Å². The first-order valence-electron chi connectivity index (χ1n) is 13.2. The summed E-state index contributed by atoms with van der Waals surface area (Å²) in [5.41, 5.74) is 4.26. The molecular formula is C30H36N4O6. The molecule has 0 aliphatic heterocycles. The number of nitrogens with one attached hydrogen (secondary N) is 3. The normalized spacial score (nSPS) is 10.6. The lowest BCUT2D eigenvalue weighted by molar-refractivity contribution is -0.137. The standard InChI is InChI=1S/C30H36N4O6/c1-5-40-30(39)34(13-8-11-26(35)36)14-12-31-28(37)24-17-22-9-6-7-10-23(22)18-25(24)32-29(38)33-27-20(3)15-19(2)16-21(27)4/h6-7,9-10,15-18H,5,8,11-14H2,1-4H3,(H,31,37)(H,35,36)(H2,32,33,38). The number of nitrogens with zero attached hydrogens (tertiary/aromatic N) is 1. The second kappa shape index (κ2) is 14.0. The maximum absolute atomic E-state index is 13.3. The van der Waals surface area contributed by atoms with Gasteiger partial charge in [0.25, 0.3) is 5.91 Å². The van der Waals surface area contributed by atoms with Crippen molar-refractivity contribution >= 4 is 46.1 Å². The Bertz CT molecular complexity index is 1380. The van der Waals surface area contributed by atoms with Crippen molar-refractivity contribution in [1.29, 1.82) is 0 Å². The number of anilines is 2. The smallest absolute Gasteiger partial charge is 0.409 e. The minimum atomic E-state index is -0.954. The minimum absolute atomic E-state index is 0.0852. The Kier molecular flexibility index (Phi) is 10.5. The second-order valence-electron chi connectivity index (χ2n) is 9.54. The second-order valence-corrected chi connectivity index (χ2v) is 9.54. The highest BCUT2D eigenvalue weighted by Crippen LogP contribution is 2.26. The lowest BCUT2D eigenvalue weighted by Crippen LogP contribution is -2.39. The number of urea groups is 1. The van der Waals surface area contributed by atoms with E-state index >= 15 is 0 Å². The molecule has 3 aromatic carbocycles. The molecule has 4 N–H and O–H groups in total. The molecule has 3 rings (SSSR count). The Labute approximate surface area is 233 Å². The van der Waals surface area contributed by atoms with E-state index in [0.29, 0.717) is 11.4 Å². The fourth-order valence-corrected chi connectivity index (χ4v) is 4.51. The zero-order chi connectivity index (χ0) is 29.2. The number of carboxylic acids is 1. The summed E-state index contributed by atoms with van der Waals surface area (Å²) >= 11 is 0. The fraction of sp³-hybridized carbons (Fsp3) is 0.333. The van der Waals surface area contributed by atoms with E-state index in [-0.39, 0.29) is 44.6 Å². The van der Waals surface area contributed by atoms with Gasteiger partial charge in [-0.05, 0) is 68.1 Å². The van der Waals surface area contributed by atoms with Gasteiger partial charge in [0.1, 0.15) is 0 Å². The average Bonchev–Trinajstić information content (AvgIpc) is 2.89. The highest BCUT2D eigenvalue weighted by Gasteiger charge is 2.18. The van der Waals surface area contributed by atoms with Gasteiger partial charge in [-0.15, -0.1) is 0 Å². The summed E-state index contributed by atoms with van der Waals surface area (Å²) in [5.74, 6) is -1.39. The molecule has 10 nitrogen and oxygen atoms in total. The van der Waals surface area contributed by atoms with E-state index in [9.17, 15) is 19.2 Å². The van der Waals surface area contributed by atoms with Gasteiger partial charge < -0.3 is 30.7 Å². The molecular weight excluding hydrogens is 512 g/mol. The van der Waals surface area contributed by atoms with Gasteiger partial charge in [0, 0.05) is 31.7 Å². The molecule has 0 saturated carbocycles. The maximum Gasteiger partial charge on any atom is 0.409 e. The number of hydrogen-bond donors (Lipinski definition) is 4. The van der Waals surface area contributed by atoms with Crippen LogP contribution in [0.15, 0.2) is 48.5 Å². The third-order valence-corrected chi connectivity index (χ3v) is 6.31. The van der Waals surface area contributed by atoms with Crippen molar-refractivity contribution in [1.82, 2.24) is 10.2 Å². The first-order valence-corrected chi connectivity index (χ1v) is 13.2. The molecule has 0 aromatic heterocycles. The number of ether oxygens (including phenoxy) is 1. The summed E-state index contributed by atoms with van der Waals surface area (Å²) in [4.78, 5) is 50.8. The van der Waals surface area contributed by atoms with Crippen molar-refractivity contribution in [2.75, 3.05) is 36.9 Å². The Balaban J connectivity index is 1.76. The topological polar surface area (TPSA) is 137 Å². The van der Waals surface area contributed by atoms with E-state index in [1.807, 2.05) is 57.2 Å². The van der Waals surface area contributed by atoms with Crippen LogP contribution >= 0.6 is 0 Å². The van der Waals surface area contributed by atoms with Crippen LogP contribution in [0.4, 0.5) is 21.0 Å². The van der Waals surface area contributed by atoms with Crippen molar-refractivity contribution in [2.45, 2.75) is 40.5 Å². The van der Waals surface area contributed by atoms with Crippen LogP contribution in [0.3, 0.4) is 0 Å². The fourth-order valence-electron chi connectivity index (χ4n) is 4.51. The first kappa shape index (κ1) is 29.9. The van der Waals surface area contributed by atoms with Crippen LogP contribution in [0.25, 0.3) is 10.8 Å². The summed E-state index contributed by atoms with van der Waals surface area (Å²) in [5, 5.41) is 19.1. The molecule has 0 fully saturated rings. The third kappa shape index (κ3) is 8.20. The quantitative estimate of drug-likeness (QED) is 0.251. The Morgan fingerprint density at radius 1 is 0.900 bits per heavy atom. The predicted octanol–water partition coefficient (Wildman–Crippen LogP) is 5.46. The molecule has 40 heavy (non-hydrogen) atoms. The molecule has 0 saturated heterocycles. The molecule has 10 heteroatoms. The van der Waals surface area contributed by atoms with Crippen molar-refractivity contribution in [3.8, 4) is 0 Å². The molecule has 0 spiro atoms. The SMILES string of the molecule is CCOC(=O)N(CCCC(=O)O)CCNC(=O)c1cc2ccccc2cc1NC(=O)Nc1c(C)cc(C)cc1C. The van der Waals surface area contributed by atoms with E-state index < -0.39 is 24.0 Å². The van der Waals surface area contributed by atoms with E-state index in [1.165, 1.54) is 4.90 Å². The van der Waals surface area contributed by atoms with E-state index in [1.54, 1.807) is 19.1 Å². The van der Waals surface area contributed by atoms with Crippen molar-refractivity contribution in [3.63, 3.8) is 0 Å². The number of fused-ring (bicyclic) bond motifs is 1. The van der Waals surface area contributed by atoms with Gasteiger partial charge >= 0.3 is 18.1 Å². The molecule has 212 valence electrons. The number of carboxylic acid groups (broad SMARTS) is 1. The highest BCUT2D eigenvalue weighted by atomic mass is 16.6. The molecule has 0 heterocycles. The third-order valence-electron chi connectivity index (χ3n) is 6.31. The summed E-state index contributed by atoms with van der Waals surface area (Å²) in [6, 6.07) is 14.4. The van der Waals surface area contributed by atoms with Crippen LogP contribution in [0, 0.1) is 20.8 Å². The molecule has 0 aliphatic carbocycles. The summed E-state index contributed by atoms with van der Waals surface area (Å²) in [6.07, 6.45) is -0.401. The maximum atomic E-state index is 13.3. The van der Waals surface area contributed by atoms with Gasteiger partial charge in [-0.3, -0.25) is 9.59 Å². The lowest BCUT2D eigenvalue weighted by Gasteiger charge is -2.22. The Morgan fingerprint density at radius 2 is 1.55 bits per heavy atom. The summed E-state index contributed by atoms with van der Waals surface area (Å²) in [7, 11) is 0. The molecule has 0 atom stereocenters. The molecule has 0 unspecified atom stereocenters. The molecule has 0 radical (unpaired) electrons. The zero-order valence-electron chi connectivity index (χ0n) is 23.3.